The van der Waals surface area contributed by atoms with Crippen LogP contribution >= 0.6 is 0 Å². The van der Waals surface area contributed by atoms with E-state index in [0.29, 0.717) is 5.56 Å². The molecule has 0 bridgehead atoms. The van der Waals surface area contributed by atoms with Gasteiger partial charge in [-0.1, -0.05) is 36.4 Å². The summed E-state index contributed by atoms with van der Waals surface area (Å²) >= 11 is 0. The number of rotatable bonds is 4. The monoisotopic (exact) mass is 329 g/mol. The Morgan fingerprint density at radius 2 is 1.68 bits per heavy atom. The number of nitro groups is 1. The Morgan fingerprint density at radius 3 is 2.40 bits per heavy atom. The van der Waals surface area contributed by atoms with Crippen LogP contribution < -0.4 is 0 Å². The van der Waals surface area contributed by atoms with Crippen LogP contribution in [0.15, 0.2) is 60.7 Å². The Kier molecular flexibility index (Phi) is 3.65. The zero-order valence-corrected chi connectivity index (χ0v) is 13.4. The minimum atomic E-state index is -0.439. The summed E-state index contributed by atoms with van der Waals surface area (Å²) in [5.74, 6) is -0.0612. The molecule has 0 atom stereocenters. The summed E-state index contributed by atoms with van der Waals surface area (Å²) in [7, 11) is 0. The average Bonchev–Trinajstić information content (AvgIpc) is 3.05. The van der Waals surface area contributed by atoms with Crippen molar-refractivity contribution in [1.29, 1.82) is 0 Å². The Balaban J connectivity index is 1.66. The fourth-order valence-electron chi connectivity index (χ4n) is 3.43. The van der Waals surface area contributed by atoms with Crippen molar-refractivity contribution in [1.82, 2.24) is 0 Å². The third-order valence-corrected chi connectivity index (χ3v) is 4.67. The van der Waals surface area contributed by atoms with E-state index < -0.39 is 4.92 Å². The van der Waals surface area contributed by atoms with E-state index in [9.17, 15) is 14.9 Å². The van der Waals surface area contributed by atoms with Crippen molar-refractivity contribution in [2.24, 2.45) is 0 Å². The molecule has 4 nitrogen and oxygen atoms in total. The molecule has 1 aliphatic rings. The Bertz CT molecular complexity index is 1020. The van der Waals surface area contributed by atoms with E-state index in [2.05, 4.69) is 6.07 Å². The van der Waals surface area contributed by atoms with Crippen molar-refractivity contribution in [2.45, 2.75) is 12.8 Å². The van der Waals surface area contributed by atoms with Gasteiger partial charge in [0.15, 0.2) is 5.78 Å². The zero-order valence-electron chi connectivity index (χ0n) is 13.4. The molecular formula is C21H15NO3. The van der Waals surface area contributed by atoms with Gasteiger partial charge >= 0.3 is 0 Å². The lowest BCUT2D eigenvalue weighted by atomic mass is 9.97. The van der Waals surface area contributed by atoms with Crippen LogP contribution in [0.25, 0.3) is 16.8 Å². The molecule has 0 amide bonds. The smallest absolute Gasteiger partial charge is 0.269 e. The van der Waals surface area contributed by atoms with Crippen molar-refractivity contribution in [2.75, 3.05) is 0 Å². The summed E-state index contributed by atoms with van der Waals surface area (Å²) in [6.07, 6.45) is 5.28. The maximum atomic E-state index is 12.7. The number of benzene rings is 3. The summed E-state index contributed by atoms with van der Waals surface area (Å²) in [5.41, 5.74) is 4.10. The number of carbonyl (C=O) groups excluding carboxylic acids is 1. The first-order chi connectivity index (χ1) is 12.1. The Hall–Kier alpha value is -3.27. The molecule has 122 valence electrons. The molecular weight excluding hydrogens is 314 g/mol. The molecule has 25 heavy (non-hydrogen) atoms. The lowest BCUT2D eigenvalue weighted by Gasteiger charge is -2.06. The summed E-state index contributed by atoms with van der Waals surface area (Å²) in [6, 6.07) is 16.2. The van der Waals surface area contributed by atoms with Gasteiger partial charge in [0.2, 0.25) is 0 Å². The second-order valence-corrected chi connectivity index (χ2v) is 6.16. The number of nitro benzene ring substituents is 1. The van der Waals surface area contributed by atoms with Gasteiger partial charge in [0.25, 0.3) is 5.69 Å². The van der Waals surface area contributed by atoms with E-state index >= 15 is 0 Å². The van der Waals surface area contributed by atoms with E-state index in [1.165, 1.54) is 34.7 Å². The first-order valence-corrected chi connectivity index (χ1v) is 8.14. The van der Waals surface area contributed by atoms with Gasteiger partial charge in [-0.15, -0.1) is 0 Å². The quantitative estimate of drug-likeness (QED) is 0.300. The van der Waals surface area contributed by atoms with Crippen molar-refractivity contribution >= 4 is 28.3 Å². The van der Waals surface area contributed by atoms with E-state index in [1.54, 1.807) is 18.2 Å². The van der Waals surface area contributed by atoms with Crippen LogP contribution in [0.4, 0.5) is 5.69 Å². The van der Waals surface area contributed by atoms with Gasteiger partial charge < -0.3 is 0 Å². The number of hydrogen-bond acceptors (Lipinski definition) is 3. The van der Waals surface area contributed by atoms with Crippen LogP contribution in [0, 0.1) is 10.1 Å². The van der Waals surface area contributed by atoms with Gasteiger partial charge in [-0.2, -0.15) is 0 Å². The molecule has 4 heteroatoms. The topological polar surface area (TPSA) is 60.2 Å². The molecule has 4 rings (SSSR count). The minimum absolute atomic E-state index is 0.0379. The van der Waals surface area contributed by atoms with Gasteiger partial charge in [-0.05, 0) is 58.5 Å². The van der Waals surface area contributed by atoms with E-state index in [-0.39, 0.29) is 11.5 Å². The van der Waals surface area contributed by atoms with Crippen LogP contribution in [-0.2, 0) is 12.8 Å². The highest BCUT2D eigenvalue weighted by molar-refractivity contribution is 6.15. The van der Waals surface area contributed by atoms with Crippen LogP contribution in [0.1, 0.15) is 27.0 Å². The molecule has 3 aromatic rings. The third-order valence-electron chi connectivity index (χ3n) is 4.67. The van der Waals surface area contributed by atoms with Gasteiger partial charge in [-0.25, -0.2) is 0 Å². The highest BCUT2D eigenvalue weighted by atomic mass is 16.6. The molecule has 0 aliphatic heterocycles. The highest BCUT2D eigenvalue weighted by Gasteiger charge is 2.17. The van der Waals surface area contributed by atoms with E-state index in [4.69, 9.17) is 0 Å². The molecule has 0 radical (unpaired) electrons. The first-order valence-electron chi connectivity index (χ1n) is 8.14. The minimum Gasteiger partial charge on any atom is -0.289 e. The maximum Gasteiger partial charge on any atom is 0.269 e. The lowest BCUT2D eigenvalue weighted by Crippen LogP contribution is -1.97. The van der Waals surface area contributed by atoms with Crippen molar-refractivity contribution in [3.63, 3.8) is 0 Å². The number of hydrogen-bond donors (Lipinski definition) is 0. The van der Waals surface area contributed by atoms with E-state index in [0.717, 1.165) is 23.8 Å². The van der Waals surface area contributed by atoms with Crippen LogP contribution in [0.5, 0.6) is 0 Å². The fourth-order valence-corrected chi connectivity index (χ4v) is 3.43. The van der Waals surface area contributed by atoms with Crippen molar-refractivity contribution < 1.29 is 9.72 Å². The van der Waals surface area contributed by atoms with Crippen molar-refractivity contribution in [3.05, 3.63) is 93.0 Å². The standard InChI is InChI=1S/C21H15NO3/c23-20(13-6-14-4-10-17(11-5-14)22(24)25)18-12-9-16-8-7-15-2-1-3-19(18)21(15)16/h1-6,9-13H,7-8H2/b13-6+. The Labute approximate surface area is 144 Å². The number of aryl methyl sites for hydroxylation is 2. The number of carbonyl (C=O) groups is 1. The molecule has 3 aromatic carbocycles. The normalized spacial score (nSPS) is 12.8. The van der Waals surface area contributed by atoms with Gasteiger partial charge in [-0.3, -0.25) is 14.9 Å². The predicted octanol–water partition coefficient (Wildman–Crippen LogP) is 4.74. The molecule has 0 unspecified atom stereocenters. The second kappa shape index (κ2) is 5.98. The SMILES string of the molecule is O=C(/C=C/c1ccc([N+](=O)[O-])cc1)c1ccc2c3c(cccc13)CC2. The molecule has 0 spiro atoms. The second-order valence-electron chi connectivity index (χ2n) is 6.16. The molecule has 0 N–H and O–H groups in total. The van der Waals surface area contributed by atoms with Crippen LogP contribution in [0.2, 0.25) is 0 Å². The molecule has 0 fully saturated rings. The first kappa shape index (κ1) is 15.3. The fraction of sp³-hybridized carbons (Fsp3) is 0.0952. The summed E-state index contributed by atoms with van der Waals surface area (Å²) in [5, 5.41) is 12.9. The van der Waals surface area contributed by atoms with Crippen LogP contribution in [-0.4, -0.2) is 10.7 Å². The predicted molar refractivity (Wildman–Crippen MR) is 97.8 cm³/mol. The summed E-state index contributed by atoms with van der Waals surface area (Å²) in [6.45, 7) is 0. The largest absolute Gasteiger partial charge is 0.289 e. The molecule has 0 aromatic heterocycles. The average molecular weight is 329 g/mol. The van der Waals surface area contributed by atoms with Crippen molar-refractivity contribution in [3.8, 4) is 0 Å². The molecule has 1 aliphatic carbocycles. The number of non-ortho nitro benzene ring substituents is 1. The van der Waals surface area contributed by atoms with Gasteiger partial charge in [0.05, 0.1) is 4.92 Å². The van der Waals surface area contributed by atoms with Gasteiger partial charge in [0.1, 0.15) is 0 Å². The lowest BCUT2D eigenvalue weighted by molar-refractivity contribution is -0.384. The van der Waals surface area contributed by atoms with E-state index in [1.807, 2.05) is 24.3 Å². The zero-order chi connectivity index (χ0) is 17.4. The van der Waals surface area contributed by atoms with Crippen LogP contribution in [0.3, 0.4) is 0 Å². The summed E-state index contributed by atoms with van der Waals surface area (Å²) in [4.78, 5) is 22.9. The molecule has 0 saturated carbocycles. The third kappa shape index (κ3) is 2.72. The Morgan fingerprint density at radius 1 is 0.960 bits per heavy atom. The number of nitrogens with zero attached hydrogens (tertiary/aromatic N) is 1. The molecule has 0 saturated heterocycles. The summed E-state index contributed by atoms with van der Waals surface area (Å²) < 4.78 is 0. The molecule has 0 heterocycles. The highest BCUT2D eigenvalue weighted by Crippen LogP contribution is 2.33. The van der Waals surface area contributed by atoms with Gasteiger partial charge in [0, 0.05) is 17.7 Å². The number of ketones is 1. The number of allylic oxidation sites excluding steroid dienone is 1. The maximum absolute atomic E-state index is 12.7.